The fourth-order valence-electron chi connectivity index (χ4n) is 1.62. The zero-order valence-electron chi connectivity index (χ0n) is 10.2. The molecule has 0 aliphatic heterocycles. The molecule has 0 spiro atoms. The lowest BCUT2D eigenvalue weighted by Crippen LogP contribution is -2.12. The van der Waals surface area contributed by atoms with Crippen molar-refractivity contribution in [1.29, 1.82) is 0 Å². The van der Waals surface area contributed by atoms with Crippen LogP contribution in [0.3, 0.4) is 0 Å². The maximum Gasteiger partial charge on any atom is 0.255 e. The van der Waals surface area contributed by atoms with Gasteiger partial charge in [0.2, 0.25) is 0 Å². The first-order valence-electron chi connectivity index (χ1n) is 5.65. The van der Waals surface area contributed by atoms with Crippen LogP contribution in [-0.4, -0.2) is 13.0 Å². The molecule has 5 heteroatoms. The normalized spacial score (nSPS) is 10.1. The molecular weight excluding hydrogens is 311 g/mol. The van der Waals surface area contributed by atoms with Gasteiger partial charge in [0.15, 0.2) is 0 Å². The van der Waals surface area contributed by atoms with E-state index < -0.39 is 5.82 Å². The molecule has 0 aromatic heterocycles. The number of hydrogen-bond acceptors (Lipinski definition) is 2. The topological polar surface area (TPSA) is 41.1 Å². The first-order valence-corrected chi connectivity index (χ1v) is 6.44. The molecule has 2 N–H and O–H groups in total. The fraction of sp³-hybridized carbons (Fsp3) is 0.0714. The molecule has 2 rings (SSSR count). The summed E-state index contributed by atoms with van der Waals surface area (Å²) in [6.45, 7) is 0. The van der Waals surface area contributed by atoms with Gasteiger partial charge in [-0.3, -0.25) is 4.79 Å². The number of nitrogens with one attached hydrogen (secondary N) is 2. The van der Waals surface area contributed by atoms with Crippen molar-refractivity contribution in [2.45, 2.75) is 0 Å². The lowest BCUT2D eigenvalue weighted by atomic mass is 10.1. The first-order chi connectivity index (χ1) is 9.11. The zero-order valence-corrected chi connectivity index (χ0v) is 11.8. The lowest BCUT2D eigenvalue weighted by Gasteiger charge is -2.08. The molecular formula is C14H12BrFN2O. The number of carbonyl (C=O) groups is 1. The van der Waals surface area contributed by atoms with Crippen LogP contribution in [0.1, 0.15) is 10.4 Å². The maximum atomic E-state index is 13.6. The minimum absolute atomic E-state index is 0.271. The fourth-order valence-corrected chi connectivity index (χ4v) is 2.00. The van der Waals surface area contributed by atoms with E-state index in [9.17, 15) is 9.18 Å². The van der Waals surface area contributed by atoms with Gasteiger partial charge in [-0.25, -0.2) is 4.39 Å². The molecule has 0 heterocycles. The number of benzene rings is 2. The van der Waals surface area contributed by atoms with Gasteiger partial charge < -0.3 is 10.6 Å². The number of halogens is 2. The third-order valence-electron chi connectivity index (χ3n) is 2.62. The molecule has 98 valence electrons. The van der Waals surface area contributed by atoms with E-state index in [0.29, 0.717) is 11.4 Å². The van der Waals surface area contributed by atoms with Crippen LogP contribution in [-0.2, 0) is 0 Å². The summed E-state index contributed by atoms with van der Waals surface area (Å²) < 4.78 is 14.4. The van der Waals surface area contributed by atoms with Crippen molar-refractivity contribution in [1.82, 2.24) is 0 Å². The average Bonchev–Trinajstić information content (AvgIpc) is 2.41. The van der Waals surface area contributed by atoms with Gasteiger partial charge in [-0.05, 0) is 46.3 Å². The monoisotopic (exact) mass is 322 g/mol. The third-order valence-corrected chi connectivity index (χ3v) is 3.31. The van der Waals surface area contributed by atoms with Crippen LogP contribution in [0.4, 0.5) is 15.8 Å². The highest BCUT2D eigenvalue weighted by Crippen LogP contribution is 2.22. The van der Waals surface area contributed by atoms with Crippen LogP contribution in [0.25, 0.3) is 0 Å². The molecule has 0 radical (unpaired) electrons. The molecule has 0 bridgehead atoms. The van der Waals surface area contributed by atoms with Crippen LogP contribution in [0, 0.1) is 5.82 Å². The lowest BCUT2D eigenvalue weighted by molar-refractivity contribution is 0.102. The molecule has 0 fully saturated rings. The number of para-hydroxylation sites is 1. The Bertz CT molecular complexity index is 616. The first kappa shape index (κ1) is 13.5. The molecule has 3 nitrogen and oxygen atoms in total. The second-order valence-corrected chi connectivity index (χ2v) is 4.73. The molecule has 1 amide bonds. The molecule has 2 aromatic carbocycles. The highest BCUT2D eigenvalue weighted by atomic mass is 79.9. The Balaban J connectivity index is 2.21. The van der Waals surface area contributed by atoms with E-state index in [1.165, 1.54) is 12.1 Å². The van der Waals surface area contributed by atoms with Crippen molar-refractivity contribution in [2.75, 3.05) is 17.7 Å². The second kappa shape index (κ2) is 5.84. The Labute approximate surface area is 119 Å². The summed E-state index contributed by atoms with van der Waals surface area (Å²) in [6, 6.07) is 11.6. The van der Waals surface area contributed by atoms with Crippen molar-refractivity contribution in [3.05, 3.63) is 58.3 Å². The maximum absolute atomic E-state index is 13.6. The standard InChI is InChI=1S/C14H12BrFN2O/c1-17-13-7-6-9(8-11(13)16)14(19)18-12-5-3-2-4-10(12)15/h2-8,17H,1H3,(H,18,19). The minimum atomic E-state index is -0.456. The quantitative estimate of drug-likeness (QED) is 0.900. The third kappa shape index (κ3) is 3.12. The second-order valence-electron chi connectivity index (χ2n) is 3.88. The highest BCUT2D eigenvalue weighted by molar-refractivity contribution is 9.10. The molecule has 0 saturated carbocycles. The van der Waals surface area contributed by atoms with Gasteiger partial charge in [0.05, 0.1) is 11.4 Å². The molecule has 19 heavy (non-hydrogen) atoms. The van der Waals surface area contributed by atoms with Crippen molar-refractivity contribution in [3.63, 3.8) is 0 Å². The summed E-state index contributed by atoms with van der Waals surface area (Å²) >= 11 is 3.34. The van der Waals surface area contributed by atoms with Crippen molar-refractivity contribution in [3.8, 4) is 0 Å². The van der Waals surface area contributed by atoms with Crippen LogP contribution >= 0.6 is 15.9 Å². The van der Waals surface area contributed by atoms with E-state index in [-0.39, 0.29) is 11.5 Å². The summed E-state index contributed by atoms with van der Waals surface area (Å²) in [5, 5.41) is 5.42. The highest BCUT2D eigenvalue weighted by Gasteiger charge is 2.10. The number of rotatable bonds is 3. The van der Waals surface area contributed by atoms with E-state index in [1.54, 1.807) is 19.2 Å². The van der Waals surface area contributed by atoms with Crippen LogP contribution < -0.4 is 10.6 Å². The SMILES string of the molecule is CNc1ccc(C(=O)Nc2ccccc2Br)cc1F. The van der Waals surface area contributed by atoms with E-state index in [4.69, 9.17) is 0 Å². The molecule has 0 unspecified atom stereocenters. The molecule has 2 aromatic rings. The minimum Gasteiger partial charge on any atom is -0.386 e. The Morgan fingerprint density at radius 1 is 1.16 bits per heavy atom. The summed E-state index contributed by atoms with van der Waals surface area (Å²) in [6.07, 6.45) is 0. The summed E-state index contributed by atoms with van der Waals surface area (Å²) in [5.74, 6) is -0.810. The van der Waals surface area contributed by atoms with Crippen molar-refractivity contribution in [2.24, 2.45) is 0 Å². The molecule has 0 aliphatic rings. The van der Waals surface area contributed by atoms with Crippen molar-refractivity contribution >= 4 is 33.2 Å². The van der Waals surface area contributed by atoms with Gasteiger partial charge in [-0.15, -0.1) is 0 Å². The predicted octanol–water partition coefficient (Wildman–Crippen LogP) is 3.88. The van der Waals surface area contributed by atoms with Crippen molar-refractivity contribution < 1.29 is 9.18 Å². The number of carbonyl (C=O) groups excluding carboxylic acids is 1. The Kier molecular flexibility index (Phi) is 4.16. The predicted molar refractivity (Wildman–Crippen MR) is 78.0 cm³/mol. The Morgan fingerprint density at radius 3 is 2.53 bits per heavy atom. The van der Waals surface area contributed by atoms with E-state index in [0.717, 1.165) is 4.47 Å². The van der Waals surface area contributed by atoms with E-state index >= 15 is 0 Å². The molecule has 0 saturated heterocycles. The summed E-state index contributed by atoms with van der Waals surface area (Å²) in [5.41, 5.74) is 1.27. The zero-order chi connectivity index (χ0) is 13.8. The van der Waals surface area contributed by atoms with Gasteiger partial charge in [-0.1, -0.05) is 12.1 Å². The van der Waals surface area contributed by atoms with Crippen LogP contribution in [0.2, 0.25) is 0 Å². The van der Waals surface area contributed by atoms with Gasteiger partial charge in [0.25, 0.3) is 5.91 Å². The Morgan fingerprint density at radius 2 is 1.89 bits per heavy atom. The molecule has 0 atom stereocenters. The van der Waals surface area contributed by atoms with Gasteiger partial charge in [0.1, 0.15) is 5.82 Å². The van der Waals surface area contributed by atoms with Gasteiger partial charge in [-0.2, -0.15) is 0 Å². The number of amides is 1. The number of hydrogen-bond donors (Lipinski definition) is 2. The Hall–Kier alpha value is -1.88. The largest absolute Gasteiger partial charge is 0.386 e. The number of anilines is 2. The summed E-state index contributed by atoms with van der Waals surface area (Å²) in [7, 11) is 1.62. The smallest absolute Gasteiger partial charge is 0.255 e. The summed E-state index contributed by atoms with van der Waals surface area (Å²) in [4.78, 5) is 12.0. The van der Waals surface area contributed by atoms with Crippen LogP contribution in [0.5, 0.6) is 0 Å². The van der Waals surface area contributed by atoms with E-state index in [1.807, 2.05) is 18.2 Å². The average molecular weight is 323 g/mol. The van der Waals surface area contributed by atoms with Crippen LogP contribution in [0.15, 0.2) is 46.9 Å². The molecule has 0 aliphatic carbocycles. The van der Waals surface area contributed by atoms with E-state index in [2.05, 4.69) is 26.6 Å². The van der Waals surface area contributed by atoms with Gasteiger partial charge >= 0.3 is 0 Å². The van der Waals surface area contributed by atoms with Gasteiger partial charge in [0, 0.05) is 17.1 Å².